The minimum atomic E-state index is -3.73. The van der Waals surface area contributed by atoms with Gasteiger partial charge >= 0.3 is 0 Å². The molecule has 0 radical (unpaired) electrons. The summed E-state index contributed by atoms with van der Waals surface area (Å²) in [5.74, 6) is 0.0385. The Hall–Kier alpha value is -1.64. The fourth-order valence-corrected chi connectivity index (χ4v) is 6.60. The first-order valence-electron chi connectivity index (χ1n) is 11.1. The summed E-state index contributed by atoms with van der Waals surface area (Å²) in [6.45, 7) is 5.23. The van der Waals surface area contributed by atoms with Crippen molar-refractivity contribution >= 4 is 15.9 Å². The zero-order valence-electron chi connectivity index (χ0n) is 18.1. The van der Waals surface area contributed by atoms with Gasteiger partial charge < -0.3 is 15.3 Å². The fraction of sp³-hybridized carbons (Fsp3) is 0.682. The number of phenols is 1. The number of nitrogens with one attached hydrogen (secondary N) is 1. The van der Waals surface area contributed by atoms with Gasteiger partial charge in [-0.1, -0.05) is 25.3 Å². The number of piperidine rings is 1. The lowest BCUT2D eigenvalue weighted by molar-refractivity contribution is -0.131. The number of aromatic hydroxyl groups is 1. The van der Waals surface area contributed by atoms with Gasteiger partial charge in [-0.15, -0.1) is 0 Å². The van der Waals surface area contributed by atoms with E-state index in [1.165, 1.54) is 37.5 Å². The SMILES string of the molecule is CC(C)N(C1CCN(C(=O)CNC2CCCCC2)CC1)S(=O)(=O)c1cccc(O)c1. The van der Waals surface area contributed by atoms with Crippen LogP contribution in [0.25, 0.3) is 0 Å². The largest absolute Gasteiger partial charge is 0.508 e. The molecule has 2 N–H and O–H groups in total. The van der Waals surface area contributed by atoms with Gasteiger partial charge in [0.15, 0.2) is 0 Å². The molecule has 2 fully saturated rings. The molecule has 0 unspecified atom stereocenters. The molecule has 0 atom stereocenters. The quantitative estimate of drug-likeness (QED) is 0.685. The Morgan fingerprint density at radius 3 is 2.43 bits per heavy atom. The lowest BCUT2D eigenvalue weighted by atomic mass is 9.95. The summed E-state index contributed by atoms with van der Waals surface area (Å²) >= 11 is 0. The van der Waals surface area contributed by atoms with Crippen molar-refractivity contribution in [2.75, 3.05) is 19.6 Å². The van der Waals surface area contributed by atoms with Gasteiger partial charge in [-0.2, -0.15) is 4.31 Å². The highest BCUT2D eigenvalue weighted by Crippen LogP contribution is 2.28. The number of amides is 1. The van der Waals surface area contributed by atoms with Crippen molar-refractivity contribution in [2.24, 2.45) is 0 Å². The molecular formula is C22H35N3O4S. The molecule has 1 aliphatic heterocycles. The number of likely N-dealkylation sites (tertiary alicyclic amines) is 1. The molecular weight excluding hydrogens is 402 g/mol. The summed E-state index contributed by atoms with van der Waals surface area (Å²) < 4.78 is 28.0. The van der Waals surface area contributed by atoms with Crippen LogP contribution in [0.5, 0.6) is 5.75 Å². The Morgan fingerprint density at radius 2 is 1.83 bits per heavy atom. The molecule has 3 rings (SSSR count). The van der Waals surface area contributed by atoms with E-state index in [9.17, 15) is 18.3 Å². The van der Waals surface area contributed by atoms with Crippen molar-refractivity contribution in [2.45, 2.75) is 81.8 Å². The first-order valence-corrected chi connectivity index (χ1v) is 12.6. The van der Waals surface area contributed by atoms with E-state index in [4.69, 9.17) is 0 Å². The number of carbonyl (C=O) groups is 1. The molecule has 168 valence electrons. The van der Waals surface area contributed by atoms with E-state index in [1.807, 2.05) is 18.7 Å². The number of phenolic OH excluding ortho intramolecular Hbond substituents is 1. The number of hydrogen-bond acceptors (Lipinski definition) is 5. The molecule has 0 spiro atoms. The maximum atomic E-state index is 13.2. The zero-order chi connectivity index (χ0) is 21.7. The van der Waals surface area contributed by atoms with Gasteiger partial charge in [-0.25, -0.2) is 8.42 Å². The van der Waals surface area contributed by atoms with E-state index in [2.05, 4.69) is 5.32 Å². The van der Waals surface area contributed by atoms with Crippen LogP contribution in [0.15, 0.2) is 29.2 Å². The Kier molecular flexibility index (Phi) is 7.76. The number of hydrogen-bond donors (Lipinski definition) is 2. The summed E-state index contributed by atoms with van der Waals surface area (Å²) in [7, 11) is -3.73. The molecule has 2 aliphatic rings. The van der Waals surface area contributed by atoms with Crippen LogP contribution in [0.3, 0.4) is 0 Å². The number of sulfonamides is 1. The van der Waals surface area contributed by atoms with E-state index in [1.54, 1.807) is 10.4 Å². The van der Waals surface area contributed by atoms with E-state index < -0.39 is 10.0 Å². The van der Waals surface area contributed by atoms with Crippen molar-refractivity contribution in [3.05, 3.63) is 24.3 Å². The van der Waals surface area contributed by atoms with E-state index in [0.29, 0.717) is 38.5 Å². The smallest absolute Gasteiger partial charge is 0.243 e. The number of benzene rings is 1. The summed E-state index contributed by atoms with van der Waals surface area (Å²) in [5.41, 5.74) is 0. The lowest BCUT2D eigenvalue weighted by Gasteiger charge is -2.39. The highest BCUT2D eigenvalue weighted by Gasteiger charge is 2.36. The molecule has 0 aromatic heterocycles. The minimum absolute atomic E-state index is 0.0642. The lowest BCUT2D eigenvalue weighted by Crippen LogP contribution is -2.52. The number of carbonyl (C=O) groups excluding carboxylic acids is 1. The summed E-state index contributed by atoms with van der Waals surface area (Å²) in [5, 5.41) is 13.1. The van der Waals surface area contributed by atoms with Gasteiger partial charge in [-0.3, -0.25) is 4.79 Å². The van der Waals surface area contributed by atoms with Gasteiger partial charge in [0.05, 0.1) is 11.4 Å². The normalized spacial score (nSPS) is 19.5. The highest BCUT2D eigenvalue weighted by atomic mass is 32.2. The third-order valence-corrected chi connectivity index (χ3v) is 8.35. The van der Waals surface area contributed by atoms with Crippen molar-refractivity contribution in [3.63, 3.8) is 0 Å². The van der Waals surface area contributed by atoms with Crippen LogP contribution in [-0.2, 0) is 14.8 Å². The maximum Gasteiger partial charge on any atom is 0.243 e. The Bertz CT molecular complexity index is 813. The molecule has 7 nitrogen and oxygen atoms in total. The zero-order valence-corrected chi connectivity index (χ0v) is 18.9. The molecule has 1 heterocycles. The molecule has 1 aromatic rings. The fourth-order valence-electron chi connectivity index (χ4n) is 4.68. The van der Waals surface area contributed by atoms with Gasteiger partial charge in [0.25, 0.3) is 0 Å². The molecule has 1 amide bonds. The van der Waals surface area contributed by atoms with Crippen LogP contribution in [0.1, 0.15) is 58.8 Å². The molecule has 1 aliphatic carbocycles. The summed E-state index contributed by atoms with van der Waals surface area (Å²) in [4.78, 5) is 14.6. The monoisotopic (exact) mass is 437 g/mol. The van der Waals surface area contributed by atoms with Gasteiger partial charge in [-0.05, 0) is 57.7 Å². The minimum Gasteiger partial charge on any atom is -0.508 e. The standard InChI is InChI=1S/C22H35N3O4S/c1-17(2)25(30(28,29)21-10-6-9-20(26)15-21)19-11-13-24(14-12-19)22(27)16-23-18-7-4-3-5-8-18/h6,9-10,15,17-19,23,26H,3-5,7-8,11-14,16H2,1-2H3. The van der Waals surface area contributed by atoms with Gasteiger partial charge in [0, 0.05) is 31.2 Å². The Balaban J connectivity index is 1.59. The van der Waals surface area contributed by atoms with E-state index in [-0.39, 0.29) is 28.6 Å². The number of rotatable bonds is 7. The van der Waals surface area contributed by atoms with Crippen molar-refractivity contribution in [1.82, 2.24) is 14.5 Å². The maximum absolute atomic E-state index is 13.2. The van der Waals surface area contributed by atoms with Gasteiger partial charge in [0.1, 0.15) is 5.75 Å². The molecule has 8 heteroatoms. The predicted octanol–water partition coefficient (Wildman–Crippen LogP) is 2.70. The second kappa shape index (κ2) is 10.1. The number of nitrogens with zero attached hydrogens (tertiary/aromatic N) is 2. The molecule has 30 heavy (non-hydrogen) atoms. The van der Waals surface area contributed by atoms with Crippen LogP contribution in [0, 0.1) is 0 Å². The highest BCUT2D eigenvalue weighted by molar-refractivity contribution is 7.89. The molecule has 0 bridgehead atoms. The van der Waals surface area contributed by atoms with E-state index >= 15 is 0 Å². The summed E-state index contributed by atoms with van der Waals surface area (Å²) in [6.07, 6.45) is 7.28. The third-order valence-electron chi connectivity index (χ3n) is 6.23. The topological polar surface area (TPSA) is 90.0 Å². The van der Waals surface area contributed by atoms with Crippen molar-refractivity contribution in [3.8, 4) is 5.75 Å². The van der Waals surface area contributed by atoms with E-state index in [0.717, 1.165) is 12.8 Å². The van der Waals surface area contributed by atoms with Crippen molar-refractivity contribution < 1.29 is 18.3 Å². The average molecular weight is 438 g/mol. The predicted molar refractivity (Wildman–Crippen MR) is 117 cm³/mol. The average Bonchev–Trinajstić information content (AvgIpc) is 2.73. The van der Waals surface area contributed by atoms with Crippen LogP contribution >= 0.6 is 0 Å². The van der Waals surface area contributed by atoms with Crippen LogP contribution in [0.4, 0.5) is 0 Å². The molecule has 1 saturated carbocycles. The second-order valence-electron chi connectivity index (χ2n) is 8.75. The third kappa shape index (κ3) is 5.53. The van der Waals surface area contributed by atoms with Crippen molar-refractivity contribution in [1.29, 1.82) is 0 Å². The van der Waals surface area contributed by atoms with Crippen LogP contribution in [-0.4, -0.2) is 66.4 Å². The van der Waals surface area contributed by atoms with Crippen LogP contribution < -0.4 is 5.32 Å². The van der Waals surface area contributed by atoms with Gasteiger partial charge in [0.2, 0.25) is 15.9 Å². The second-order valence-corrected chi connectivity index (χ2v) is 10.6. The molecule has 1 aromatic carbocycles. The Morgan fingerprint density at radius 1 is 1.17 bits per heavy atom. The van der Waals surface area contributed by atoms with Crippen LogP contribution in [0.2, 0.25) is 0 Å². The molecule has 1 saturated heterocycles. The first kappa shape index (κ1) is 23.0. The first-order chi connectivity index (χ1) is 14.3. The summed E-state index contributed by atoms with van der Waals surface area (Å²) in [6, 6.07) is 5.89. The Labute approximate surface area is 180 Å².